The van der Waals surface area contributed by atoms with Crippen molar-refractivity contribution >= 4 is 5.91 Å². The summed E-state index contributed by atoms with van der Waals surface area (Å²) in [6.07, 6.45) is 3.27. The number of pyridine rings is 2. The normalized spacial score (nSPS) is 17.8. The topological polar surface area (TPSA) is 64.4 Å². The fourth-order valence-electron chi connectivity index (χ4n) is 4.60. The van der Waals surface area contributed by atoms with E-state index in [0.717, 1.165) is 29.8 Å². The second-order valence-corrected chi connectivity index (χ2v) is 8.38. The first-order valence-electron chi connectivity index (χ1n) is 11.0. The molecule has 4 heterocycles. The Kier molecular flexibility index (Phi) is 5.76. The fourth-order valence-corrected chi connectivity index (χ4v) is 4.60. The third-order valence-corrected chi connectivity index (χ3v) is 6.25. The number of benzene rings is 1. The molecule has 170 valence electrons. The Hall–Kier alpha value is -3.39. The summed E-state index contributed by atoms with van der Waals surface area (Å²) in [7, 11) is 0. The molecule has 0 aliphatic carbocycles. The lowest BCUT2D eigenvalue weighted by molar-refractivity contribution is -0.141. The van der Waals surface area contributed by atoms with Crippen molar-refractivity contribution in [3.63, 3.8) is 0 Å². The van der Waals surface area contributed by atoms with Crippen molar-refractivity contribution in [1.29, 1.82) is 0 Å². The molecule has 1 saturated heterocycles. The maximum absolute atomic E-state index is 14.6. The number of carbonyl (C=O) groups is 1. The van der Waals surface area contributed by atoms with Gasteiger partial charge in [0, 0.05) is 49.6 Å². The second kappa shape index (κ2) is 8.86. The van der Waals surface area contributed by atoms with E-state index in [-0.39, 0.29) is 29.1 Å². The molecule has 1 aromatic carbocycles. The molecule has 2 aliphatic heterocycles. The molecular formula is C25H23F2N3O3. The first kappa shape index (κ1) is 21.5. The van der Waals surface area contributed by atoms with Gasteiger partial charge in [0.25, 0.3) is 11.5 Å². The van der Waals surface area contributed by atoms with E-state index in [9.17, 15) is 18.4 Å². The van der Waals surface area contributed by atoms with Crippen molar-refractivity contribution in [2.24, 2.45) is 0 Å². The minimum absolute atomic E-state index is 0.0292. The number of amides is 1. The van der Waals surface area contributed by atoms with Crippen LogP contribution >= 0.6 is 0 Å². The second-order valence-electron chi connectivity index (χ2n) is 8.38. The molecule has 6 nitrogen and oxygen atoms in total. The highest BCUT2D eigenvalue weighted by molar-refractivity contribution is 5.81. The number of hydrogen-bond donors (Lipinski definition) is 0. The van der Waals surface area contributed by atoms with Crippen LogP contribution < -0.4 is 5.56 Å². The Balaban J connectivity index is 1.59. The van der Waals surface area contributed by atoms with Gasteiger partial charge in [-0.25, -0.2) is 8.78 Å². The summed E-state index contributed by atoms with van der Waals surface area (Å²) in [6.45, 7) is 1.57. The summed E-state index contributed by atoms with van der Waals surface area (Å²) in [5, 5.41) is 0. The smallest absolute Gasteiger partial charge is 0.259 e. The minimum atomic E-state index is -0.806. The molecule has 0 saturated carbocycles. The lowest BCUT2D eigenvalue weighted by Gasteiger charge is -2.32. The third-order valence-electron chi connectivity index (χ3n) is 6.25. The molecule has 3 aromatic rings. The summed E-state index contributed by atoms with van der Waals surface area (Å²) < 4.78 is 35.3. The van der Waals surface area contributed by atoms with Crippen molar-refractivity contribution in [3.05, 3.63) is 87.6 Å². The summed E-state index contributed by atoms with van der Waals surface area (Å²) >= 11 is 0. The van der Waals surface area contributed by atoms with Crippen molar-refractivity contribution in [2.75, 3.05) is 13.2 Å². The van der Waals surface area contributed by atoms with Crippen LogP contribution in [0.15, 0.2) is 53.5 Å². The van der Waals surface area contributed by atoms with Crippen molar-refractivity contribution in [1.82, 2.24) is 14.5 Å². The van der Waals surface area contributed by atoms with Gasteiger partial charge in [0.2, 0.25) is 0 Å². The number of hydrogen-bond acceptors (Lipinski definition) is 4. The number of nitrogens with zero attached hydrogens (tertiary/aromatic N) is 3. The van der Waals surface area contributed by atoms with E-state index in [2.05, 4.69) is 4.98 Å². The molecule has 0 radical (unpaired) electrons. The highest BCUT2D eigenvalue weighted by Gasteiger charge is 2.32. The van der Waals surface area contributed by atoms with Gasteiger partial charge in [-0.05, 0) is 48.7 Å². The summed E-state index contributed by atoms with van der Waals surface area (Å²) in [5.41, 5.74) is 2.05. The zero-order chi connectivity index (χ0) is 22.9. The van der Waals surface area contributed by atoms with E-state index in [1.165, 1.54) is 6.07 Å². The van der Waals surface area contributed by atoms with Gasteiger partial charge in [0.1, 0.15) is 17.7 Å². The summed E-state index contributed by atoms with van der Waals surface area (Å²) in [4.78, 5) is 32.5. The molecule has 0 bridgehead atoms. The molecule has 5 rings (SSSR count). The van der Waals surface area contributed by atoms with E-state index < -0.39 is 17.7 Å². The van der Waals surface area contributed by atoms with Crippen LogP contribution in [0.4, 0.5) is 8.78 Å². The molecule has 0 spiro atoms. The van der Waals surface area contributed by atoms with Crippen molar-refractivity contribution < 1.29 is 18.3 Å². The van der Waals surface area contributed by atoms with Gasteiger partial charge < -0.3 is 14.2 Å². The maximum atomic E-state index is 14.6. The van der Waals surface area contributed by atoms with Crippen LogP contribution in [0.3, 0.4) is 0 Å². The fraction of sp³-hybridized carbons (Fsp3) is 0.320. The standard InChI is InChI=1S/C25H23F2N3O3/c26-17-6-7-19(21(27)13-17)20-12-16-14-29(25(32)23-5-3-11-33-23)10-8-22(16)30(24(20)31)15-18-4-1-2-9-28-18/h1-2,4,6-7,9,12-13,23H,3,5,8,10-11,14-15H2. The van der Waals surface area contributed by atoms with Crippen LogP contribution in [0, 0.1) is 11.6 Å². The van der Waals surface area contributed by atoms with Crippen LogP contribution in [0.25, 0.3) is 11.1 Å². The monoisotopic (exact) mass is 451 g/mol. The maximum Gasteiger partial charge on any atom is 0.259 e. The lowest BCUT2D eigenvalue weighted by Crippen LogP contribution is -2.43. The van der Waals surface area contributed by atoms with Crippen molar-refractivity contribution in [2.45, 2.75) is 38.5 Å². The first-order chi connectivity index (χ1) is 16.0. The third kappa shape index (κ3) is 4.18. The summed E-state index contributed by atoms with van der Waals surface area (Å²) in [6, 6.07) is 10.3. The quantitative estimate of drug-likeness (QED) is 0.611. The average Bonchev–Trinajstić information content (AvgIpc) is 3.36. The Morgan fingerprint density at radius 2 is 2.03 bits per heavy atom. The number of carbonyl (C=O) groups excluding carboxylic acids is 1. The highest BCUT2D eigenvalue weighted by Crippen LogP contribution is 2.27. The van der Waals surface area contributed by atoms with Gasteiger partial charge in [-0.15, -0.1) is 0 Å². The summed E-state index contributed by atoms with van der Waals surface area (Å²) in [5.74, 6) is -1.58. The molecule has 1 amide bonds. The number of ether oxygens (including phenoxy) is 1. The Labute approximate surface area is 189 Å². The Morgan fingerprint density at radius 1 is 1.15 bits per heavy atom. The lowest BCUT2D eigenvalue weighted by atomic mass is 9.98. The number of halogens is 2. The number of aromatic nitrogens is 2. The van der Waals surface area contributed by atoms with Gasteiger partial charge in [-0.3, -0.25) is 14.6 Å². The van der Waals surface area contributed by atoms with Crippen LogP contribution in [-0.4, -0.2) is 39.6 Å². The Morgan fingerprint density at radius 3 is 2.76 bits per heavy atom. The van der Waals surface area contributed by atoms with Gasteiger partial charge in [0.15, 0.2) is 0 Å². The predicted octanol–water partition coefficient (Wildman–Crippen LogP) is 3.30. The van der Waals surface area contributed by atoms with Gasteiger partial charge in [-0.1, -0.05) is 6.07 Å². The zero-order valence-corrected chi connectivity index (χ0v) is 18.0. The largest absolute Gasteiger partial charge is 0.368 e. The molecular weight excluding hydrogens is 428 g/mol. The zero-order valence-electron chi connectivity index (χ0n) is 18.0. The molecule has 2 aliphatic rings. The van der Waals surface area contributed by atoms with Crippen LogP contribution in [0.2, 0.25) is 0 Å². The van der Waals surface area contributed by atoms with E-state index >= 15 is 0 Å². The highest BCUT2D eigenvalue weighted by atomic mass is 19.1. The van der Waals surface area contributed by atoms with Gasteiger partial charge >= 0.3 is 0 Å². The molecule has 0 N–H and O–H groups in total. The van der Waals surface area contributed by atoms with E-state index in [0.29, 0.717) is 38.2 Å². The number of fused-ring (bicyclic) bond motifs is 1. The predicted molar refractivity (Wildman–Crippen MR) is 117 cm³/mol. The minimum Gasteiger partial charge on any atom is -0.368 e. The average molecular weight is 451 g/mol. The van der Waals surface area contributed by atoms with Gasteiger partial charge in [-0.2, -0.15) is 0 Å². The van der Waals surface area contributed by atoms with Gasteiger partial charge in [0.05, 0.1) is 17.8 Å². The first-order valence-corrected chi connectivity index (χ1v) is 11.0. The van der Waals surface area contributed by atoms with Crippen LogP contribution in [0.5, 0.6) is 0 Å². The molecule has 8 heteroatoms. The Bertz CT molecular complexity index is 1250. The molecule has 1 fully saturated rings. The van der Waals surface area contributed by atoms with Crippen LogP contribution in [0.1, 0.15) is 29.8 Å². The van der Waals surface area contributed by atoms with E-state index in [1.807, 2.05) is 12.1 Å². The molecule has 2 aromatic heterocycles. The number of rotatable bonds is 4. The SMILES string of the molecule is O=C(C1CCCO1)N1CCc2c(cc(-c3ccc(F)cc3F)c(=O)n2Cc2ccccn2)C1. The molecule has 1 atom stereocenters. The molecule has 33 heavy (non-hydrogen) atoms. The molecule has 1 unspecified atom stereocenters. The van der Waals surface area contributed by atoms with Crippen molar-refractivity contribution in [3.8, 4) is 11.1 Å². The van der Waals surface area contributed by atoms with Crippen LogP contribution in [-0.2, 0) is 29.0 Å². The van der Waals surface area contributed by atoms with E-state index in [1.54, 1.807) is 27.8 Å². The van der Waals surface area contributed by atoms with E-state index in [4.69, 9.17) is 4.74 Å².